The predicted molar refractivity (Wildman–Crippen MR) is 115 cm³/mol. The van der Waals surface area contributed by atoms with E-state index in [1.54, 1.807) is 0 Å². The van der Waals surface area contributed by atoms with Gasteiger partial charge in [-0.25, -0.2) is 0 Å². The van der Waals surface area contributed by atoms with Crippen LogP contribution in [0.4, 0.5) is 0 Å². The van der Waals surface area contributed by atoms with Gasteiger partial charge in [0.1, 0.15) is 6.10 Å². The van der Waals surface area contributed by atoms with Gasteiger partial charge in [-0.3, -0.25) is 9.59 Å². The van der Waals surface area contributed by atoms with E-state index in [2.05, 4.69) is 24.7 Å². The number of rotatable bonds is 11. The van der Waals surface area contributed by atoms with Crippen molar-refractivity contribution in [1.29, 1.82) is 0 Å². The number of aliphatic hydroxyl groups is 1. The molecule has 0 radical (unpaired) electrons. The fourth-order valence-corrected chi connectivity index (χ4v) is 4.59. The van der Waals surface area contributed by atoms with Gasteiger partial charge in [0, 0.05) is 25.7 Å². The molecule has 2 rings (SSSR count). The number of unbranched alkanes of at least 4 members (excludes halogenated alkanes) is 1. The van der Waals surface area contributed by atoms with Crippen LogP contribution in [0.1, 0.15) is 72.1 Å². The van der Waals surface area contributed by atoms with E-state index < -0.39 is 6.10 Å². The molecule has 1 aliphatic carbocycles. The topological polar surface area (TPSA) is 82.1 Å². The Morgan fingerprint density at radius 2 is 1.97 bits per heavy atom. The summed E-state index contributed by atoms with van der Waals surface area (Å²) in [6, 6.07) is 0. The van der Waals surface area contributed by atoms with Gasteiger partial charge in [0.05, 0.1) is 25.4 Å². The lowest BCUT2D eigenvalue weighted by molar-refractivity contribution is -0.148. The van der Waals surface area contributed by atoms with Crippen LogP contribution in [-0.2, 0) is 23.8 Å². The molecular formula is C24H38O6. The molecule has 0 aromatic carbocycles. The molecule has 0 spiro atoms. The predicted octanol–water partition coefficient (Wildman–Crippen LogP) is 4.11. The summed E-state index contributed by atoms with van der Waals surface area (Å²) in [6.45, 7) is 5.54. The lowest BCUT2D eigenvalue weighted by atomic mass is 9.88. The van der Waals surface area contributed by atoms with Gasteiger partial charge >= 0.3 is 11.9 Å². The molecule has 6 atom stereocenters. The van der Waals surface area contributed by atoms with Crippen LogP contribution in [0.2, 0.25) is 0 Å². The molecule has 30 heavy (non-hydrogen) atoms. The zero-order valence-electron chi connectivity index (χ0n) is 18.8. The molecule has 1 N–H and O–H groups in total. The van der Waals surface area contributed by atoms with Crippen molar-refractivity contribution in [1.82, 2.24) is 0 Å². The highest BCUT2D eigenvalue weighted by Gasteiger charge is 2.49. The smallest absolute Gasteiger partial charge is 0.305 e. The molecule has 1 aliphatic heterocycles. The molecule has 0 aromatic rings. The number of fused-ring (bicyclic) bond motifs is 1. The van der Waals surface area contributed by atoms with Crippen LogP contribution in [0.3, 0.4) is 0 Å². The van der Waals surface area contributed by atoms with E-state index in [1.165, 1.54) is 19.6 Å². The highest BCUT2D eigenvalue weighted by molar-refractivity contribution is 5.69. The molecule has 2 fully saturated rings. The van der Waals surface area contributed by atoms with Gasteiger partial charge < -0.3 is 19.3 Å². The minimum atomic E-state index is -0.505. The monoisotopic (exact) mass is 422 g/mol. The first kappa shape index (κ1) is 24.6. The van der Waals surface area contributed by atoms with Crippen LogP contribution in [0.15, 0.2) is 23.8 Å². The lowest BCUT2D eigenvalue weighted by Gasteiger charge is -2.21. The van der Waals surface area contributed by atoms with Crippen molar-refractivity contribution in [3.05, 3.63) is 23.8 Å². The fraction of sp³-hybridized carbons (Fsp3) is 0.750. The Labute approximate surface area is 180 Å². The van der Waals surface area contributed by atoms with E-state index in [0.29, 0.717) is 25.2 Å². The van der Waals surface area contributed by atoms with E-state index in [0.717, 1.165) is 32.1 Å². The molecule has 1 saturated heterocycles. The Balaban J connectivity index is 1.89. The summed E-state index contributed by atoms with van der Waals surface area (Å²) in [5.74, 6) is -0.0862. The van der Waals surface area contributed by atoms with Crippen LogP contribution in [0.5, 0.6) is 0 Å². The maximum absolute atomic E-state index is 11.5. The highest BCUT2D eigenvalue weighted by atomic mass is 16.6. The molecule has 1 heterocycles. The summed E-state index contributed by atoms with van der Waals surface area (Å²) in [6.07, 6.45) is 11.8. The van der Waals surface area contributed by atoms with Gasteiger partial charge in [0.25, 0.3) is 0 Å². The van der Waals surface area contributed by atoms with Gasteiger partial charge in [0.2, 0.25) is 0 Å². The number of aliphatic hydroxyl groups excluding tert-OH is 1. The van der Waals surface area contributed by atoms with E-state index in [1.807, 2.05) is 12.2 Å². The van der Waals surface area contributed by atoms with Crippen molar-refractivity contribution in [2.24, 2.45) is 11.8 Å². The summed E-state index contributed by atoms with van der Waals surface area (Å²) < 4.78 is 16.5. The number of hydrogen-bond acceptors (Lipinski definition) is 6. The average molecular weight is 423 g/mol. The number of carbonyl (C=O) groups excluding carboxylic acids is 2. The Bertz CT molecular complexity index is 621. The normalized spacial score (nSPS) is 28.9. The van der Waals surface area contributed by atoms with Crippen LogP contribution < -0.4 is 0 Å². The van der Waals surface area contributed by atoms with Crippen molar-refractivity contribution in [2.45, 2.75) is 96.6 Å². The number of ether oxygens (including phenoxy) is 3. The molecule has 2 aliphatic rings. The van der Waals surface area contributed by atoms with Gasteiger partial charge in [-0.15, -0.1) is 0 Å². The van der Waals surface area contributed by atoms with Gasteiger partial charge in [-0.1, -0.05) is 30.2 Å². The van der Waals surface area contributed by atoms with Crippen LogP contribution in [-0.4, -0.2) is 48.6 Å². The standard InChI is InChI=1S/C24H38O6/c1-16(2)8-7-9-18(26)12-13-20-21-14-19(10-5-6-11-24(27)28-4)30-23(21)15-22(20)29-17(3)25/h8,12-13,18-23,26H,5-7,9-11,14-15H2,1-4H3/t18-,19-,20+,21+,22+,23-/m0/s1. The fourth-order valence-electron chi connectivity index (χ4n) is 4.59. The second-order valence-corrected chi connectivity index (χ2v) is 8.79. The third-order valence-corrected chi connectivity index (χ3v) is 6.04. The average Bonchev–Trinajstić information content (AvgIpc) is 3.19. The van der Waals surface area contributed by atoms with Gasteiger partial charge in [0.15, 0.2) is 0 Å². The third-order valence-electron chi connectivity index (χ3n) is 6.04. The second-order valence-electron chi connectivity index (χ2n) is 8.79. The maximum atomic E-state index is 11.5. The van der Waals surface area contributed by atoms with Crippen molar-refractivity contribution < 1.29 is 28.9 Å². The zero-order valence-corrected chi connectivity index (χ0v) is 18.8. The summed E-state index contributed by atoms with van der Waals surface area (Å²) in [5.41, 5.74) is 1.25. The molecule has 6 nitrogen and oxygen atoms in total. The molecule has 0 bridgehead atoms. The van der Waals surface area contributed by atoms with Crippen LogP contribution in [0, 0.1) is 11.8 Å². The molecule has 1 saturated carbocycles. The van der Waals surface area contributed by atoms with Crippen molar-refractivity contribution in [2.75, 3.05) is 7.11 Å². The van der Waals surface area contributed by atoms with Crippen LogP contribution in [0.25, 0.3) is 0 Å². The quantitative estimate of drug-likeness (QED) is 0.307. The molecule has 6 heteroatoms. The van der Waals surface area contributed by atoms with Gasteiger partial charge in [-0.05, 0) is 51.9 Å². The number of allylic oxidation sites excluding steroid dienone is 2. The number of carbonyl (C=O) groups is 2. The van der Waals surface area contributed by atoms with E-state index in [9.17, 15) is 14.7 Å². The minimum Gasteiger partial charge on any atom is -0.469 e. The summed E-state index contributed by atoms with van der Waals surface area (Å²) in [5, 5.41) is 10.3. The zero-order chi connectivity index (χ0) is 22.1. The van der Waals surface area contributed by atoms with Crippen LogP contribution >= 0.6 is 0 Å². The summed E-state index contributed by atoms with van der Waals surface area (Å²) in [4.78, 5) is 22.8. The second kappa shape index (κ2) is 12.3. The minimum absolute atomic E-state index is 0.0667. The van der Waals surface area contributed by atoms with E-state index >= 15 is 0 Å². The molecular weight excluding hydrogens is 384 g/mol. The Hall–Kier alpha value is -1.66. The Kier molecular flexibility index (Phi) is 10.1. The molecule has 0 amide bonds. The summed E-state index contributed by atoms with van der Waals surface area (Å²) >= 11 is 0. The van der Waals surface area contributed by atoms with Crippen molar-refractivity contribution >= 4 is 11.9 Å². The molecule has 0 unspecified atom stereocenters. The number of esters is 2. The number of methoxy groups -OCH3 is 1. The Morgan fingerprint density at radius 3 is 2.63 bits per heavy atom. The lowest BCUT2D eigenvalue weighted by Crippen LogP contribution is -2.24. The molecule has 0 aromatic heterocycles. The first-order valence-electron chi connectivity index (χ1n) is 11.2. The summed E-state index contributed by atoms with van der Waals surface area (Å²) in [7, 11) is 1.41. The highest BCUT2D eigenvalue weighted by Crippen LogP contribution is 2.46. The molecule has 170 valence electrons. The first-order chi connectivity index (χ1) is 14.3. The SMILES string of the molecule is COC(=O)CCCC[C@H]1C[C@@H]2[C@@H](C=C[C@@H](O)CCC=C(C)C)[C@H](OC(C)=O)C[C@@H]2O1. The third kappa shape index (κ3) is 7.88. The first-order valence-corrected chi connectivity index (χ1v) is 11.2. The van der Waals surface area contributed by atoms with Crippen molar-refractivity contribution in [3.63, 3.8) is 0 Å². The maximum Gasteiger partial charge on any atom is 0.305 e. The van der Waals surface area contributed by atoms with E-state index in [4.69, 9.17) is 9.47 Å². The number of hydrogen-bond donors (Lipinski definition) is 1. The van der Waals surface area contributed by atoms with E-state index in [-0.39, 0.29) is 36.2 Å². The Morgan fingerprint density at radius 1 is 1.20 bits per heavy atom. The van der Waals surface area contributed by atoms with Gasteiger partial charge in [-0.2, -0.15) is 0 Å². The largest absolute Gasteiger partial charge is 0.469 e. The van der Waals surface area contributed by atoms with Crippen molar-refractivity contribution in [3.8, 4) is 0 Å².